The molecule has 0 aromatic carbocycles. The minimum atomic E-state index is -2.36. The molecule has 0 spiro atoms. The Kier molecular flexibility index (Phi) is 3.53. The van der Waals surface area contributed by atoms with Crippen molar-refractivity contribution in [2.24, 2.45) is 35.5 Å². The van der Waals surface area contributed by atoms with E-state index in [-0.39, 0.29) is 18.3 Å². The Labute approximate surface area is 104 Å². The van der Waals surface area contributed by atoms with Gasteiger partial charge in [-0.3, -0.25) is 0 Å². The highest BCUT2D eigenvalue weighted by atomic mass is 19.3. The van der Waals surface area contributed by atoms with Crippen LogP contribution in [0.3, 0.4) is 0 Å². The van der Waals surface area contributed by atoms with E-state index in [1.807, 2.05) is 6.92 Å². The maximum absolute atomic E-state index is 13.4. The van der Waals surface area contributed by atoms with E-state index in [2.05, 4.69) is 20.8 Å². The Morgan fingerprint density at radius 2 is 1.88 bits per heavy atom. The van der Waals surface area contributed by atoms with Crippen molar-refractivity contribution in [2.75, 3.05) is 0 Å². The molecule has 2 aliphatic carbocycles. The lowest BCUT2D eigenvalue weighted by atomic mass is 9.57. The van der Waals surface area contributed by atoms with Gasteiger partial charge in [0.25, 0.3) is 5.92 Å². The molecule has 2 heteroatoms. The molecule has 0 aliphatic heterocycles. The fourth-order valence-electron chi connectivity index (χ4n) is 4.39. The first-order valence-corrected chi connectivity index (χ1v) is 7.20. The van der Waals surface area contributed by atoms with Gasteiger partial charge in [-0.15, -0.1) is 0 Å². The largest absolute Gasteiger partial charge is 0.251 e. The van der Waals surface area contributed by atoms with Crippen molar-refractivity contribution < 1.29 is 8.78 Å². The van der Waals surface area contributed by atoms with E-state index in [4.69, 9.17) is 0 Å². The second-order valence-electron chi connectivity index (χ2n) is 6.91. The topological polar surface area (TPSA) is 0 Å². The molecule has 2 rings (SSSR count). The zero-order chi connectivity index (χ0) is 12.8. The van der Waals surface area contributed by atoms with Gasteiger partial charge in [0.1, 0.15) is 0 Å². The van der Waals surface area contributed by atoms with Crippen LogP contribution in [0.4, 0.5) is 8.78 Å². The molecule has 0 bridgehead atoms. The Bertz CT molecular complexity index is 265. The normalized spacial score (nSPS) is 41.8. The third-order valence-electron chi connectivity index (χ3n) is 5.34. The van der Waals surface area contributed by atoms with E-state index in [0.717, 1.165) is 24.7 Å². The molecule has 5 unspecified atom stereocenters. The summed E-state index contributed by atoms with van der Waals surface area (Å²) in [5.41, 5.74) is 0. The highest BCUT2D eigenvalue weighted by molar-refractivity contribution is 4.95. The molecule has 0 nitrogen and oxygen atoms in total. The fourth-order valence-corrected chi connectivity index (χ4v) is 4.39. The Morgan fingerprint density at radius 1 is 1.24 bits per heavy atom. The van der Waals surface area contributed by atoms with Crippen molar-refractivity contribution in [3.63, 3.8) is 0 Å². The van der Waals surface area contributed by atoms with E-state index < -0.39 is 5.92 Å². The number of halogens is 2. The lowest BCUT2D eigenvalue weighted by Crippen LogP contribution is -2.45. The van der Waals surface area contributed by atoms with Crippen LogP contribution in [-0.2, 0) is 0 Å². The molecule has 0 saturated heterocycles. The molecule has 2 aliphatic rings. The van der Waals surface area contributed by atoms with Crippen LogP contribution in [0, 0.1) is 35.5 Å². The van der Waals surface area contributed by atoms with Gasteiger partial charge in [-0.25, -0.2) is 8.78 Å². The monoisotopic (exact) mass is 244 g/mol. The summed E-state index contributed by atoms with van der Waals surface area (Å²) in [6, 6.07) is 0. The first-order chi connectivity index (χ1) is 7.83. The first kappa shape index (κ1) is 13.3. The number of rotatable bonds is 4. The lowest BCUT2D eigenvalue weighted by molar-refractivity contribution is -0.157. The van der Waals surface area contributed by atoms with Gasteiger partial charge in [0.2, 0.25) is 0 Å². The van der Waals surface area contributed by atoms with Crippen molar-refractivity contribution in [3.05, 3.63) is 0 Å². The molecule has 2 saturated carbocycles. The predicted octanol–water partition coefficient (Wildman–Crippen LogP) is 4.99. The molecule has 0 amide bonds. The van der Waals surface area contributed by atoms with Crippen LogP contribution in [-0.4, -0.2) is 5.92 Å². The summed E-state index contributed by atoms with van der Waals surface area (Å²) in [6.07, 6.45) is 3.14. The van der Waals surface area contributed by atoms with Gasteiger partial charge >= 0.3 is 0 Å². The minimum Gasteiger partial charge on any atom is -0.207 e. The Morgan fingerprint density at radius 3 is 2.24 bits per heavy atom. The van der Waals surface area contributed by atoms with Crippen molar-refractivity contribution in [3.8, 4) is 0 Å². The van der Waals surface area contributed by atoms with Crippen LogP contribution >= 0.6 is 0 Å². The van der Waals surface area contributed by atoms with Crippen molar-refractivity contribution in [1.82, 2.24) is 0 Å². The van der Waals surface area contributed by atoms with E-state index in [1.54, 1.807) is 0 Å². The maximum Gasteiger partial charge on any atom is 0.251 e. The Balaban J connectivity index is 1.85. The molecule has 0 aromatic heterocycles. The van der Waals surface area contributed by atoms with Crippen molar-refractivity contribution in [2.45, 2.75) is 59.3 Å². The van der Waals surface area contributed by atoms with Crippen LogP contribution in [0.5, 0.6) is 0 Å². The highest BCUT2D eigenvalue weighted by Crippen LogP contribution is 2.53. The molecule has 0 radical (unpaired) electrons. The number of hydrogen-bond acceptors (Lipinski definition) is 0. The second-order valence-corrected chi connectivity index (χ2v) is 6.91. The predicted molar refractivity (Wildman–Crippen MR) is 67.1 cm³/mol. The van der Waals surface area contributed by atoms with Gasteiger partial charge in [0.05, 0.1) is 0 Å². The van der Waals surface area contributed by atoms with Crippen molar-refractivity contribution in [1.29, 1.82) is 0 Å². The summed E-state index contributed by atoms with van der Waals surface area (Å²) in [6.45, 7) is 8.90. The Hall–Kier alpha value is -0.140. The van der Waals surface area contributed by atoms with Gasteiger partial charge in [-0.1, -0.05) is 27.7 Å². The summed E-state index contributed by atoms with van der Waals surface area (Å²) in [7, 11) is 0. The number of hydrogen-bond donors (Lipinski definition) is 0. The van der Waals surface area contributed by atoms with E-state index in [9.17, 15) is 8.78 Å². The third-order valence-corrected chi connectivity index (χ3v) is 5.34. The first-order valence-electron chi connectivity index (χ1n) is 7.20. The average Bonchev–Trinajstić information content (AvgIpc) is 2.13. The molecule has 100 valence electrons. The average molecular weight is 244 g/mol. The van der Waals surface area contributed by atoms with Crippen LogP contribution < -0.4 is 0 Å². The highest BCUT2D eigenvalue weighted by Gasteiger charge is 2.51. The molecule has 2 fully saturated rings. The summed E-state index contributed by atoms with van der Waals surface area (Å²) in [5, 5.41) is 0. The van der Waals surface area contributed by atoms with Gasteiger partial charge < -0.3 is 0 Å². The van der Waals surface area contributed by atoms with Gasteiger partial charge in [-0.05, 0) is 48.9 Å². The van der Waals surface area contributed by atoms with Gasteiger partial charge in [0, 0.05) is 12.3 Å². The third kappa shape index (κ3) is 2.37. The van der Waals surface area contributed by atoms with Crippen LogP contribution in [0.25, 0.3) is 0 Å². The molecular formula is C15H26F2. The quantitative estimate of drug-likeness (QED) is 0.654. The molecule has 0 aromatic rings. The van der Waals surface area contributed by atoms with Gasteiger partial charge in [-0.2, -0.15) is 0 Å². The van der Waals surface area contributed by atoms with E-state index in [1.165, 1.54) is 6.42 Å². The molecule has 5 atom stereocenters. The fraction of sp³-hybridized carbons (Fsp3) is 1.00. The number of alkyl halides is 2. The second kappa shape index (κ2) is 4.51. The zero-order valence-corrected chi connectivity index (χ0v) is 11.5. The summed E-state index contributed by atoms with van der Waals surface area (Å²) in [4.78, 5) is 0. The van der Waals surface area contributed by atoms with Crippen LogP contribution in [0.15, 0.2) is 0 Å². The molecule has 17 heavy (non-hydrogen) atoms. The standard InChI is InChI=1S/C15H26F2/c1-9(2)14-11(4)8-12(14)7-10(3)13-5-6-15(13,16)17/h9-14H,5-8H2,1-4H3. The summed E-state index contributed by atoms with van der Waals surface area (Å²) in [5.74, 6) is 0.500. The van der Waals surface area contributed by atoms with Gasteiger partial charge in [0.15, 0.2) is 0 Å². The summed E-state index contributed by atoms with van der Waals surface area (Å²) >= 11 is 0. The zero-order valence-electron chi connectivity index (χ0n) is 11.5. The molecule has 0 N–H and O–H groups in total. The molecular weight excluding hydrogens is 218 g/mol. The maximum atomic E-state index is 13.4. The summed E-state index contributed by atoms with van der Waals surface area (Å²) < 4.78 is 26.7. The minimum absolute atomic E-state index is 0.122. The van der Waals surface area contributed by atoms with Crippen molar-refractivity contribution >= 4 is 0 Å². The van der Waals surface area contributed by atoms with E-state index >= 15 is 0 Å². The van der Waals surface area contributed by atoms with Crippen LogP contribution in [0.1, 0.15) is 53.4 Å². The smallest absolute Gasteiger partial charge is 0.207 e. The lowest BCUT2D eigenvalue weighted by Gasteiger charge is -2.49. The van der Waals surface area contributed by atoms with E-state index in [0.29, 0.717) is 11.8 Å². The SMILES string of the molecule is CC(C)C1C(C)CC1CC(C)C1CCC1(F)F. The van der Waals surface area contributed by atoms with Crippen LogP contribution in [0.2, 0.25) is 0 Å². The molecule has 0 heterocycles.